The molecule has 1 amide bonds. The number of ether oxygens (including phenoxy) is 1. The quantitative estimate of drug-likeness (QED) is 0.632. The zero-order valence-electron chi connectivity index (χ0n) is 17.0. The third kappa shape index (κ3) is 5.42. The number of sulfonamides is 1. The number of hydrogen-bond donors (Lipinski definition) is 1. The van der Waals surface area contributed by atoms with E-state index in [2.05, 4.69) is 4.72 Å². The molecule has 2 aromatic rings. The Labute approximate surface area is 171 Å². The molecule has 29 heavy (non-hydrogen) atoms. The highest BCUT2D eigenvalue weighted by Crippen LogP contribution is 2.30. The van der Waals surface area contributed by atoms with Crippen molar-refractivity contribution in [3.63, 3.8) is 0 Å². The Morgan fingerprint density at radius 2 is 1.72 bits per heavy atom. The molecule has 0 aromatic heterocycles. The lowest BCUT2D eigenvalue weighted by Crippen LogP contribution is -2.39. The van der Waals surface area contributed by atoms with Gasteiger partial charge in [0.2, 0.25) is 15.9 Å². The fourth-order valence-electron chi connectivity index (χ4n) is 3.05. The van der Waals surface area contributed by atoms with Crippen molar-refractivity contribution in [2.24, 2.45) is 0 Å². The number of amides is 1. The van der Waals surface area contributed by atoms with Gasteiger partial charge in [-0.1, -0.05) is 37.3 Å². The first-order valence-corrected chi connectivity index (χ1v) is 10.7. The van der Waals surface area contributed by atoms with Crippen molar-refractivity contribution in [2.45, 2.75) is 31.2 Å². The van der Waals surface area contributed by atoms with Gasteiger partial charge in [0.1, 0.15) is 5.75 Å². The summed E-state index contributed by atoms with van der Waals surface area (Å²) < 4.78 is 32.6. The first-order chi connectivity index (χ1) is 13.7. The van der Waals surface area contributed by atoms with Gasteiger partial charge in [-0.2, -0.15) is 0 Å². The van der Waals surface area contributed by atoms with Gasteiger partial charge in [0.25, 0.3) is 0 Å². The number of Topliss-reactive ketones (excluding diaryl/α,β-unsaturated/α-hetero) is 1. The molecule has 1 N–H and O–H groups in total. The fourth-order valence-corrected chi connectivity index (χ4v) is 4.03. The molecule has 0 radical (unpaired) electrons. The van der Waals surface area contributed by atoms with Crippen LogP contribution in [0.5, 0.6) is 5.75 Å². The summed E-state index contributed by atoms with van der Waals surface area (Å²) in [7, 11) is -0.669. The Bertz CT molecular complexity index is 971. The van der Waals surface area contributed by atoms with E-state index in [0.29, 0.717) is 17.7 Å². The van der Waals surface area contributed by atoms with Crippen LogP contribution in [0.3, 0.4) is 0 Å². The van der Waals surface area contributed by atoms with E-state index in [1.807, 2.05) is 31.2 Å². The standard InChI is InChI=1S/C21H26N2O5S/c1-5-19(18-8-6-7-9-20(18)28-4)23(3)21(25)14-22-29(26,27)17-12-10-16(11-13-17)15(2)24/h6-13,19,22H,5,14H2,1-4H3. The molecule has 0 saturated heterocycles. The summed E-state index contributed by atoms with van der Waals surface area (Å²) in [5, 5.41) is 0. The maximum Gasteiger partial charge on any atom is 0.241 e. The lowest BCUT2D eigenvalue weighted by Gasteiger charge is -2.29. The van der Waals surface area contributed by atoms with Gasteiger partial charge < -0.3 is 9.64 Å². The molecule has 7 nitrogen and oxygen atoms in total. The van der Waals surface area contributed by atoms with Gasteiger partial charge in [0.15, 0.2) is 5.78 Å². The predicted molar refractivity (Wildman–Crippen MR) is 110 cm³/mol. The average Bonchev–Trinajstić information content (AvgIpc) is 2.72. The average molecular weight is 419 g/mol. The lowest BCUT2D eigenvalue weighted by atomic mass is 10.0. The van der Waals surface area contributed by atoms with Crippen LogP contribution in [0.4, 0.5) is 0 Å². The van der Waals surface area contributed by atoms with Gasteiger partial charge in [-0.05, 0) is 31.5 Å². The topological polar surface area (TPSA) is 92.8 Å². The third-order valence-electron chi connectivity index (χ3n) is 4.73. The molecule has 2 aromatic carbocycles. The molecular weight excluding hydrogens is 392 g/mol. The van der Waals surface area contributed by atoms with Crippen LogP contribution in [0, 0.1) is 0 Å². The Kier molecular flexibility index (Phi) is 7.53. The van der Waals surface area contributed by atoms with Crippen molar-refractivity contribution in [1.82, 2.24) is 9.62 Å². The SMILES string of the molecule is CCC(c1ccccc1OC)N(C)C(=O)CNS(=O)(=O)c1ccc(C(C)=O)cc1. The highest BCUT2D eigenvalue weighted by Gasteiger charge is 2.24. The Balaban J connectivity index is 2.11. The number of methoxy groups -OCH3 is 1. The van der Waals surface area contributed by atoms with Crippen LogP contribution in [0.2, 0.25) is 0 Å². The Hall–Kier alpha value is -2.71. The largest absolute Gasteiger partial charge is 0.496 e. The number of nitrogens with one attached hydrogen (secondary N) is 1. The number of likely N-dealkylation sites (N-methyl/N-ethyl adjacent to an activating group) is 1. The van der Waals surface area contributed by atoms with Crippen molar-refractivity contribution in [2.75, 3.05) is 20.7 Å². The number of nitrogens with zero attached hydrogens (tertiary/aromatic N) is 1. The third-order valence-corrected chi connectivity index (χ3v) is 6.15. The van der Waals surface area contributed by atoms with Gasteiger partial charge in [-0.3, -0.25) is 9.59 Å². The van der Waals surface area contributed by atoms with Crippen LogP contribution in [-0.2, 0) is 14.8 Å². The van der Waals surface area contributed by atoms with E-state index < -0.39 is 10.0 Å². The molecule has 1 atom stereocenters. The van der Waals surface area contributed by atoms with Crippen molar-refractivity contribution in [3.05, 3.63) is 59.7 Å². The summed E-state index contributed by atoms with van der Waals surface area (Å²) in [5.41, 5.74) is 1.28. The minimum Gasteiger partial charge on any atom is -0.496 e. The summed E-state index contributed by atoms with van der Waals surface area (Å²) in [4.78, 5) is 25.5. The van der Waals surface area contributed by atoms with E-state index in [1.165, 1.54) is 36.1 Å². The second-order valence-electron chi connectivity index (χ2n) is 6.58. The molecular formula is C21H26N2O5S. The maximum absolute atomic E-state index is 12.7. The summed E-state index contributed by atoms with van der Waals surface area (Å²) in [5.74, 6) is 0.150. The van der Waals surface area contributed by atoms with E-state index in [-0.39, 0.29) is 29.2 Å². The molecule has 0 heterocycles. The molecule has 0 aliphatic rings. The zero-order chi connectivity index (χ0) is 21.6. The highest BCUT2D eigenvalue weighted by atomic mass is 32.2. The predicted octanol–water partition coefficient (Wildman–Crippen LogP) is 2.79. The molecule has 0 spiro atoms. The number of hydrogen-bond acceptors (Lipinski definition) is 5. The number of ketones is 1. The normalized spacial score (nSPS) is 12.3. The molecule has 1 unspecified atom stereocenters. The van der Waals surface area contributed by atoms with Crippen molar-refractivity contribution in [1.29, 1.82) is 0 Å². The summed E-state index contributed by atoms with van der Waals surface area (Å²) in [6.45, 7) is 2.97. The van der Waals surface area contributed by atoms with E-state index in [4.69, 9.17) is 4.74 Å². The van der Waals surface area contributed by atoms with Crippen LogP contribution in [0.15, 0.2) is 53.4 Å². The van der Waals surface area contributed by atoms with Gasteiger partial charge in [0.05, 0.1) is 24.6 Å². The number of carbonyl (C=O) groups excluding carboxylic acids is 2. The van der Waals surface area contributed by atoms with E-state index >= 15 is 0 Å². The maximum atomic E-state index is 12.7. The van der Waals surface area contributed by atoms with Crippen LogP contribution in [-0.4, -0.2) is 45.7 Å². The first-order valence-electron chi connectivity index (χ1n) is 9.20. The van der Waals surface area contributed by atoms with E-state index in [9.17, 15) is 18.0 Å². The monoisotopic (exact) mass is 418 g/mol. The number of carbonyl (C=O) groups is 2. The Morgan fingerprint density at radius 1 is 1.10 bits per heavy atom. The molecule has 0 saturated carbocycles. The van der Waals surface area contributed by atoms with Crippen molar-refractivity contribution in [3.8, 4) is 5.75 Å². The summed E-state index contributed by atoms with van der Waals surface area (Å²) in [6.07, 6.45) is 0.641. The smallest absolute Gasteiger partial charge is 0.241 e. The molecule has 0 aliphatic carbocycles. The Morgan fingerprint density at radius 3 is 2.28 bits per heavy atom. The van der Waals surface area contributed by atoms with Crippen LogP contribution in [0.25, 0.3) is 0 Å². The number of benzene rings is 2. The summed E-state index contributed by atoms with van der Waals surface area (Å²) in [6, 6.07) is 12.8. The molecule has 8 heteroatoms. The van der Waals surface area contributed by atoms with Crippen molar-refractivity contribution >= 4 is 21.7 Å². The van der Waals surface area contributed by atoms with Crippen LogP contribution < -0.4 is 9.46 Å². The van der Waals surface area contributed by atoms with E-state index in [0.717, 1.165) is 5.56 Å². The van der Waals surface area contributed by atoms with Crippen LogP contribution >= 0.6 is 0 Å². The molecule has 0 aliphatic heterocycles. The highest BCUT2D eigenvalue weighted by molar-refractivity contribution is 7.89. The molecule has 2 rings (SSSR count). The number of para-hydroxylation sites is 1. The summed E-state index contributed by atoms with van der Waals surface area (Å²) >= 11 is 0. The molecule has 0 fully saturated rings. The first kappa shape index (κ1) is 22.6. The van der Waals surface area contributed by atoms with Gasteiger partial charge in [-0.25, -0.2) is 13.1 Å². The molecule has 0 bridgehead atoms. The second-order valence-corrected chi connectivity index (χ2v) is 8.34. The minimum atomic E-state index is -3.87. The van der Waals surface area contributed by atoms with Crippen molar-refractivity contribution < 1.29 is 22.7 Å². The van der Waals surface area contributed by atoms with Crippen LogP contribution in [0.1, 0.15) is 42.2 Å². The zero-order valence-corrected chi connectivity index (χ0v) is 17.8. The minimum absolute atomic E-state index is 0.00489. The molecule has 156 valence electrons. The van der Waals surface area contributed by atoms with Gasteiger partial charge in [0, 0.05) is 18.2 Å². The van der Waals surface area contributed by atoms with Gasteiger partial charge >= 0.3 is 0 Å². The second kappa shape index (κ2) is 9.67. The van der Waals surface area contributed by atoms with E-state index in [1.54, 1.807) is 14.2 Å². The fraction of sp³-hybridized carbons (Fsp3) is 0.333. The number of rotatable bonds is 9. The lowest BCUT2D eigenvalue weighted by molar-refractivity contribution is -0.130. The van der Waals surface area contributed by atoms with Gasteiger partial charge in [-0.15, -0.1) is 0 Å².